The lowest BCUT2D eigenvalue weighted by molar-refractivity contribution is 0.0952. The molecule has 2 aromatic rings. The number of hydrogen-bond donors (Lipinski definition) is 1. The lowest BCUT2D eigenvalue weighted by Gasteiger charge is -2.04. The van der Waals surface area contributed by atoms with Crippen LogP contribution in [0, 0.1) is 13.8 Å². The highest BCUT2D eigenvalue weighted by molar-refractivity contribution is 6.31. The van der Waals surface area contributed by atoms with Crippen molar-refractivity contribution in [2.24, 2.45) is 7.05 Å². The van der Waals surface area contributed by atoms with Gasteiger partial charge in [-0.05, 0) is 20.3 Å². The summed E-state index contributed by atoms with van der Waals surface area (Å²) < 4.78 is 3.43. The Bertz CT molecular complexity index is 597. The molecule has 0 fully saturated rings. The van der Waals surface area contributed by atoms with Gasteiger partial charge in [0, 0.05) is 32.5 Å². The van der Waals surface area contributed by atoms with Gasteiger partial charge >= 0.3 is 0 Å². The van der Waals surface area contributed by atoms with Crippen molar-refractivity contribution in [1.29, 1.82) is 0 Å². The molecule has 108 valence electrons. The van der Waals surface area contributed by atoms with Gasteiger partial charge in [-0.3, -0.25) is 14.2 Å². The molecule has 0 saturated heterocycles. The Morgan fingerprint density at radius 1 is 1.30 bits per heavy atom. The normalized spacial score (nSPS) is 10.8. The minimum absolute atomic E-state index is 0.0923. The van der Waals surface area contributed by atoms with Crippen molar-refractivity contribution < 1.29 is 4.79 Å². The third-order valence-corrected chi connectivity index (χ3v) is 3.37. The molecule has 0 atom stereocenters. The second-order valence-electron chi connectivity index (χ2n) is 4.74. The Morgan fingerprint density at radius 3 is 2.60 bits per heavy atom. The van der Waals surface area contributed by atoms with Gasteiger partial charge in [0.15, 0.2) is 0 Å². The number of halogens is 1. The lowest BCUT2D eigenvalue weighted by atomic mass is 10.2. The molecule has 0 bridgehead atoms. The monoisotopic (exact) mass is 295 g/mol. The van der Waals surface area contributed by atoms with Crippen LogP contribution in [0.15, 0.2) is 12.4 Å². The fourth-order valence-electron chi connectivity index (χ4n) is 1.97. The van der Waals surface area contributed by atoms with Crippen molar-refractivity contribution in [2.75, 3.05) is 6.54 Å². The maximum absolute atomic E-state index is 11.9. The zero-order chi connectivity index (χ0) is 14.7. The number of aryl methyl sites for hydroxylation is 4. The molecule has 0 unspecified atom stereocenters. The number of amides is 1. The molecular weight excluding hydrogens is 278 g/mol. The van der Waals surface area contributed by atoms with Crippen LogP contribution in [0.25, 0.3) is 0 Å². The molecule has 2 aromatic heterocycles. The highest BCUT2D eigenvalue weighted by Gasteiger charge is 2.11. The smallest absolute Gasteiger partial charge is 0.254 e. The molecule has 0 aliphatic rings. The summed E-state index contributed by atoms with van der Waals surface area (Å²) >= 11 is 5.93. The molecule has 0 saturated carbocycles. The summed E-state index contributed by atoms with van der Waals surface area (Å²) in [5.74, 6) is -0.0923. The number of hydrogen-bond acceptors (Lipinski definition) is 3. The van der Waals surface area contributed by atoms with Crippen LogP contribution in [0.3, 0.4) is 0 Å². The molecule has 1 amide bonds. The number of nitrogens with one attached hydrogen (secondary N) is 1. The molecule has 2 heterocycles. The van der Waals surface area contributed by atoms with Gasteiger partial charge in [0.2, 0.25) is 0 Å². The van der Waals surface area contributed by atoms with Gasteiger partial charge in [0.1, 0.15) is 0 Å². The summed E-state index contributed by atoms with van der Waals surface area (Å²) in [7, 11) is 1.80. The van der Waals surface area contributed by atoms with Gasteiger partial charge in [-0.25, -0.2) is 0 Å². The molecule has 0 aliphatic heterocycles. The fourth-order valence-corrected chi connectivity index (χ4v) is 2.12. The van der Waals surface area contributed by atoms with E-state index in [0.717, 1.165) is 24.4 Å². The van der Waals surface area contributed by atoms with Crippen molar-refractivity contribution in [3.8, 4) is 0 Å². The standard InChI is InChI=1S/C13H18ClN5O/c1-9-11(7-18(3)16-9)13(20)15-5-4-6-19-8-12(14)10(2)17-19/h7-8H,4-6H2,1-3H3,(H,15,20). The highest BCUT2D eigenvalue weighted by atomic mass is 35.5. The predicted molar refractivity (Wildman–Crippen MR) is 76.9 cm³/mol. The summed E-state index contributed by atoms with van der Waals surface area (Å²) in [6, 6.07) is 0. The molecular formula is C13H18ClN5O. The van der Waals surface area contributed by atoms with Crippen LogP contribution in [-0.2, 0) is 13.6 Å². The van der Waals surface area contributed by atoms with E-state index in [1.807, 2.05) is 13.8 Å². The first-order chi connectivity index (χ1) is 9.47. The second kappa shape index (κ2) is 6.09. The Labute approximate surface area is 122 Å². The van der Waals surface area contributed by atoms with E-state index in [2.05, 4.69) is 15.5 Å². The van der Waals surface area contributed by atoms with Gasteiger partial charge in [-0.2, -0.15) is 10.2 Å². The van der Waals surface area contributed by atoms with Gasteiger partial charge in [0.25, 0.3) is 5.91 Å². The zero-order valence-electron chi connectivity index (χ0n) is 11.9. The minimum Gasteiger partial charge on any atom is -0.352 e. The average molecular weight is 296 g/mol. The van der Waals surface area contributed by atoms with Gasteiger partial charge < -0.3 is 5.32 Å². The van der Waals surface area contributed by atoms with E-state index < -0.39 is 0 Å². The molecule has 1 N–H and O–H groups in total. The molecule has 20 heavy (non-hydrogen) atoms. The fraction of sp³-hybridized carbons (Fsp3) is 0.462. The predicted octanol–water partition coefficient (Wildman–Crippen LogP) is 1.71. The highest BCUT2D eigenvalue weighted by Crippen LogP contribution is 2.12. The molecule has 6 nitrogen and oxygen atoms in total. The van der Waals surface area contributed by atoms with Crippen molar-refractivity contribution in [2.45, 2.75) is 26.8 Å². The first-order valence-corrected chi connectivity index (χ1v) is 6.83. The van der Waals surface area contributed by atoms with Crippen molar-refractivity contribution in [3.63, 3.8) is 0 Å². The quantitative estimate of drug-likeness (QED) is 0.854. The maximum atomic E-state index is 11.9. The van der Waals surface area contributed by atoms with Gasteiger partial charge in [0.05, 0.1) is 22.0 Å². The van der Waals surface area contributed by atoms with E-state index in [-0.39, 0.29) is 5.91 Å². The summed E-state index contributed by atoms with van der Waals surface area (Å²) in [4.78, 5) is 11.9. The van der Waals surface area contributed by atoms with E-state index in [1.165, 1.54) is 0 Å². The summed E-state index contributed by atoms with van der Waals surface area (Å²) in [5.41, 5.74) is 2.17. The zero-order valence-corrected chi connectivity index (χ0v) is 12.6. The SMILES string of the molecule is Cc1nn(CCCNC(=O)c2cn(C)nc2C)cc1Cl. The molecule has 7 heteroatoms. The topological polar surface area (TPSA) is 64.7 Å². The van der Waals surface area contributed by atoms with E-state index in [0.29, 0.717) is 17.1 Å². The Morgan fingerprint density at radius 2 is 2.05 bits per heavy atom. The number of nitrogens with zero attached hydrogens (tertiary/aromatic N) is 4. The third kappa shape index (κ3) is 3.39. The molecule has 0 aromatic carbocycles. The van der Waals surface area contributed by atoms with Crippen LogP contribution in [0.2, 0.25) is 5.02 Å². The summed E-state index contributed by atoms with van der Waals surface area (Å²) in [6.07, 6.45) is 4.31. The number of aromatic nitrogens is 4. The first-order valence-electron chi connectivity index (χ1n) is 6.45. The van der Waals surface area contributed by atoms with E-state index >= 15 is 0 Å². The Balaban J connectivity index is 1.78. The Hall–Kier alpha value is -1.82. The summed E-state index contributed by atoms with van der Waals surface area (Å²) in [6.45, 7) is 5.00. The molecule has 0 spiro atoms. The van der Waals surface area contributed by atoms with E-state index in [4.69, 9.17) is 11.6 Å². The van der Waals surface area contributed by atoms with E-state index in [9.17, 15) is 4.79 Å². The summed E-state index contributed by atoms with van der Waals surface area (Å²) in [5, 5.41) is 12.0. The Kier molecular flexibility index (Phi) is 4.44. The van der Waals surface area contributed by atoms with Crippen LogP contribution in [0.5, 0.6) is 0 Å². The largest absolute Gasteiger partial charge is 0.352 e. The van der Waals surface area contributed by atoms with Crippen molar-refractivity contribution in [3.05, 3.63) is 34.4 Å². The first kappa shape index (κ1) is 14.6. The van der Waals surface area contributed by atoms with Crippen molar-refractivity contribution in [1.82, 2.24) is 24.9 Å². The molecule has 0 radical (unpaired) electrons. The van der Waals surface area contributed by atoms with Gasteiger partial charge in [-0.15, -0.1) is 0 Å². The van der Waals surface area contributed by atoms with E-state index in [1.54, 1.807) is 28.8 Å². The van der Waals surface area contributed by atoms with Crippen LogP contribution in [0.4, 0.5) is 0 Å². The third-order valence-electron chi connectivity index (χ3n) is 2.99. The average Bonchev–Trinajstić information content (AvgIpc) is 2.88. The minimum atomic E-state index is -0.0923. The number of rotatable bonds is 5. The lowest BCUT2D eigenvalue weighted by Crippen LogP contribution is -2.25. The van der Waals surface area contributed by atoms with Crippen LogP contribution >= 0.6 is 11.6 Å². The van der Waals surface area contributed by atoms with Crippen LogP contribution in [-0.4, -0.2) is 32.0 Å². The maximum Gasteiger partial charge on any atom is 0.254 e. The molecule has 2 rings (SSSR count). The van der Waals surface area contributed by atoms with Gasteiger partial charge in [-0.1, -0.05) is 11.6 Å². The number of carbonyl (C=O) groups excluding carboxylic acids is 1. The van der Waals surface area contributed by atoms with Crippen molar-refractivity contribution >= 4 is 17.5 Å². The number of carbonyl (C=O) groups is 1. The van der Waals surface area contributed by atoms with Crippen LogP contribution in [0.1, 0.15) is 28.2 Å². The second-order valence-corrected chi connectivity index (χ2v) is 5.14. The molecule has 0 aliphatic carbocycles. The van der Waals surface area contributed by atoms with Crippen LogP contribution < -0.4 is 5.32 Å².